The Hall–Kier alpha value is -12.8. The molecule has 12 aromatic carbocycles. The molecule has 9 nitrogen and oxygen atoms in total. The van der Waals surface area contributed by atoms with Gasteiger partial charge in [-0.1, -0.05) is 146 Å². The monoisotopic (exact) mass is 1180 g/mol. The van der Waals surface area contributed by atoms with Crippen molar-refractivity contribution < 1.29 is 4.74 Å². The number of fused-ring (bicyclic) bond motifs is 24. The molecule has 0 bridgehead atoms. The molecule has 0 N–H and O–H groups in total. The van der Waals surface area contributed by atoms with Gasteiger partial charge in [0.05, 0.1) is 107 Å². The standard InChI is InChI=1S/C84H48N8O/c85-47-50-33-37-78-64(41-50)62-23-7-15-31-76(62)89(78)52-35-39-80-66(43-52)84(67-44-53(36-40-81(67)93-80)90-77-32-16-8-24-63(77)65-42-51(34-38-79(65)90)88-70-25-9-1-17-56(70)57-18-2-10-26-71(57)88)68-45-54(91-72-27-11-3-19-58(72)59-20-4-12-28-73(59)91)48-86-82(68)83-69(84)46-55(49-87-83)92-74-29-13-5-21-60(74)61-22-6-14-30-75(61)92/h1-46,48-49H. The van der Waals surface area contributed by atoms with Gasteiger partial charge in [-0.3, -0.25) is 9.97 Å². The third-order valence-electron chi connectivity index (χ3n) is 20.2. The van der Waals surface area contributed by atoms with E-state index in [1.807, 2.05) is 24.5 Å². The molecule has 7 aromatic heterocycles. The summed E-state index contributed by atoms with van der Waals surface area (Å²) in [6.45, 7) is 0. The number of benzene rings is 12. The van der Waals surface area contributed by atoms with Gasteiger partial charge in [0.25, 0.3) is 0 Å². The highest BCUT2D eigenvalue weighted by Gasteiger charge is 2.54. The summed E-state index contributed by atoms with van der Waals surface area (Å²) in [6.07, 6.45) is 4.08. The first-order valence-electron chi connectivity index (χ1n) is 31.5. The first-order valence-corrected chi connectivity index (χ1v) is 31.5. The van der Waals surface area contributed by atoms with Gasteiger partial charge in [-0.15, -0.1) is 0 Å². The van der Waals surface area contributed by atoms with Crippen LogP contribution in [0.15, 0.2) is 291 Å². The van der Waals surface area contributed by atoms with Crippen LogP contribution in [-0.2, 0) is 5.41 Å². The number of aromatic nitrogens is 7. The van der Waals surface area contributed by atoms with Crippen LogP contribution in [0.2, 0.25) is 0 Å². The van der Waals surface area contributed by atoms with E-state index in [1.54, 1.807) is 0 Å². The fourth-order valence-electron chi connectivity index (χ4n) is 16.5. The maximum atomic E-state index is 10.3. The summed E-state index contributed by atoms with van der Waals surface area (Å²) in [7, 11) is 0. The molecule has 8 heterocycles. The molecule has 93 heavy (non-hydrogen) atoms. The second-order valence-corrected chi connectivity index (χ2v) is 24.8. The molecule has 0 amide bonds. The minimum absolute atomic E-state index is 0.611. The Kier molecular flexibility index (Phi) is 9.93. The molecule has 0 atom stereocenters. The van der Waals surface area contributed by atoms with Crippen molar-refractivity contribution in [1.82, 2.24) is 32.8 Å². The molecule has 21 rings (SSSR count). The molecule has 1 spiro atoms. The number of nitriles is 1. The number of ether oxygens (including phenoxy) is 1. The van der Waals surface area contributed by atoms with Gasteiger partial charge in [-0.05, 0) is 133 Å². The Balaban J connectivity index is 0.884. The Bertz CT molecular complexity index is 6250. The molecule has 0 fully saturated rings. The van der Waals surface area contributed by atoms with Crippen LogP contribution in [0.4, 0.5) is 0 Å². The summed E-state index contributed by atoms with van der Waals surface area (Å²) < 4.78 is 19.4. The van der Waals surface area contributed by atoms with Crippen molar-refractivity contribution in [3.05, 3.63) is 319 Å². The average Bonchev–Trinajstić information content (AvgIpc) is 1.56. The van der Waals surface area contributed by atoms with Crippen LogP contribution >= 0.6 is 0 Å². The van der Waals surface area contributed by atoms with Crippen molar-refractivity contribution in [2.75, 3.05) is 0 Å². The lowest BCUT2D eigenvalue weighted by Gasteiger charge is -2.39. The van der Waals surface area contributed by atoms with E-state index in [1.165, 1.54) is 43.4 Å². The minimum Gasteiger partial charge on any atom is -0.457 e. The predicted molar refractivity (Wildman–Crippen MR) is 376 cm³/mol. The third-order valence-corrected chi connectivity index (χ3v) is 20.2. The summed E-state index contributed by atoms with van der Waals surface area (Å²) in [6, 6.07) is 103. The predicted octanol–water partition coefficient (Wildman–Crippen LogP) is 20.3. The van der Waals surface area contributed by atoms with Crippen molar-refractivity contribution >= 4 is 109 Å². The molecule has 0 unspecified atom stereocenters. The van der Waals surface area contributed by atoms with Crippen molar-refractivity contribution in [3.63, 3.8) is 0 Å². The number of hydrogen-bond acceptors (Lipinski definition) is 4. The van der Waals surface area contributed by atoms with E-state index in [9.17, 15) is 5.26 Å². The van der Waals surface area contributed by atoms with Gasteiger partial charge < -0.3 is 27.6 Å². The van der Waals surface area contributed by atoms with Gasteiger partial charge in [0, 0.05) is 93.2 Å². The first-order chi connectivity index (χ1) is 46.1. The van der Waals surface area contributed by atoms with Crippen LogP contribution in [0.1, 0.15) is 27.8 Å². The zero-order chi connectivity index (χ0) is 60.8. The van der Waals surface area contributed by atoms with Crippen LogP contribution in [0.5, 0.6) is 11.5 Å². The molecule has 9 heteroatoms. The van der Waals surface area contributed by atoms with Crippen molar-refractivity contribution in [1.29, 1.82) is 5.26 Å². The molecule has 1 aliphatic carbocycles. The topological polar surface area (TPSA) is 83.4 Å². The lowest BCUT2D eigenvalue weighted by Crippen LogP contribution is -2.33. The highest BCUT2D eigenvalue weighted by atomic mass is 16.5. The van der Waals surface area contributed by atoms with E-state index < -0.39 is 5.41 Å². The highest BCUT2D eigenvalue weighted by molar-refractivity contribution is 6.14. The second-order valence-electron chi connectivity index (χ2n) is 24.8. The zero-order valence-corrected chi connectivity index (χ0v) is 49.7. The molecule has 1 aliphatic heterocycles. The second kappa shape index (κ2) is 18.4. The maximum Gasteiger partial charge on any atom is 0.132 e. The van der Waals surface area contributed by atoms with Crippen molar-refractivity contribution in [2.24, 2.45) is 0 Å². The summed E-state index contributed by atoms with van der Waals surface area (Å²) >= 11 is 0. The van der Waals surface area contributed by atoms with E-state index in [0.29, 0.717) is 5.56 Å². The lowest BCUT2D eigenvalue weighted by molar-refractivity contribution is 0.436. The van der Waals surface area contributed by atoms with Crippen molar-refractivity contribution in [3.8, 4) is 57.4 Å². The lowest BCUT2D eigenvalue weighted by atomic mass is 9.66. The quantitative estimate of drug-likeness (QED) is 0.172. The van der Waals surface area contributed by atoms with Gasteiger partial charge in [-0.2, -0.15) is 5.26 Å². The minimum atomic E-state index is -1.13. The van der Waals surface area contributed by atoms with E-state index in [4.69, 9.17) is 14.7 Å². The summed E-state index contributed by atoms with van der Waals surface area (Å²) in [5, 5.41) is 21.8. The number of rotatable bonds is 5. The smallest absolute Gasteiger partial charge is 0.132 e. The average molecular weight is 1190 g/mol. The van der Waals surface area contributed by atoms with Gasteiger partial charge in [0.2, 0.25) is 0 Å². The molecular formula is C84H48N8O. The molecule has 0 saturated heterocycles. The number of nitrogens with zero attached hydrogens (tertiary/aromatic N) is 8. The SMILES string of the molecule is N#Cc1ccc2c(c1)c1ccccc1n2-c1ccc2c(c1)C1(c3cc(-n4c5ccccc5c5cc(-n6c7ccccc7c7ccccc76)ccc54)ccc3O2)c2cc(-n3c4ccccc4c4ccccc43)cnc2-c2ncc(-n3c4ccccc4c4ccccc43)cc21. The number of para-hydroxylation sites is 8. The van der Waals surface area contributed by atoms with E-state index >= 15 is 0 Å². The Morgan fingerprint density at radius 2 is 0.548 bits per heavy atom. The molecular weight excluding hydrogens is 1140 g/mol. The molecule has 0 saturated carbocycles. The summed E-state index contributed by atoms with van der Waals surface area (Å²) in [5.41, 5.74) is 20.7. The van der Waals surface area contributed by atoms with Gasteiger partial charge in [0.15, 0.2) is 0 Å². The zero-order valence-electron chi connectivity index (χ0n) is 49.7. The van der Waals surface area contributed by atoms with Crippen LogP contribution in [0.3, 0.4) is 0 Å². The van der Waals surface area contributed by atoms with Gasteiger partial charge in [-0.25, -0.2) is 0 Å². The van der Waals surface area contributed by atoms with E-state index in [2.05, 4.69) is 296 Å². The normalized spacial score (nSPS) is 13.1. The molecule has 0 radical (unpaired) electrons. The van der Waals surface area contributed by atoms with Gasteiger partial charge >= 0.3 is 0 Å². The Labute approximate surface area is 530 Å². The van der Waals surface area contributed by atoms with Crippen molar-refractivity contribution in [2.45, 2.75) is 5.41 Å². The third kappa shape index (κ3) is 6.62. The Morgan fingerprint density at radius 1 is 0.269 bits per heavy atom. The van der Waals surface area contributed by atoms with Crippen LogP contribution < -0.4 is 4.74 Å². The first kappa shape index (κ1) is 50.1. The summed E-state index contributed by atoms with van der Waals surface area (Å²) in [4.78, 5) is 11.4. The van der Waals surface area contributed by atoms with Crippen LogP contribution in [0.25, 0.3) is 149 Å². The molecule has 19 aromatic rings. The highest BCUT2D eigenvalue weighted by Crippen LogP contribution is 2.63. The molecule has 2 aliphatic rings. The van der Waals surface area contributed by atoms with Crippen LogP contribution in [0, 0.1) is 11.3 Å². The van der Waals surface area contributed by atoms with Gasteiger partial charge in [0.1, 0.15) is 11.5 Å². The number of pyridine rings is 2. The Morgan fingerprint density at radius 3 is 0.914 bits per heavy atom. The maximum absolute atomic E-state index is 10.3. The van der Waals surface area contributed by atoms with E-state index in [0.717, 1.165) is 139 Å². The molecule has 430 valence electrons. The largest absolute Gasteiger partial charge is 0.457 e. The number of hydrogen-bond donors (Lipinski definition) is 0. The van der Waals surface area contributed by atoms with Crippen LogP contribution in [-0.4, -0.2) is 32.8 Å². The fourth-order valence-corrected chi connectivity index (χ4v) is 16.5. The van der Waals surface area contributed by atoms with E-state index in [-0.39, 0.29) is 0 Å². The fraction of sp³-hybridized carbons (Fsp3) is 0.0119. The summed E-state index contributed by atoms with van der Waals surface area (Å²) in [5.74, 6) is 1.46.